The number of hydrogen-bond donors (Lipinski definition) is 2. The molecule has 0 radical (unpaired) electrons. The predicted molar refractivity (Wildman–Crippen MR) is 79.2 cm³/mol. The predicted octanol–water partition coefficient (Wildman–Crippen LogP) is 1.22. The average molecular weight is 308 g/mol. The van der Waals surface area contributed by atoms with Crippen LogP contribution in [0.2, 0.25) is 0 Å². The number of benzene rings is 1. The van der Waals surface area contributed by atoms with E-state index in [9.17, 15) is 14.4 Å². The van der Waals surface area contributed by atoms with Crippen molar-refractivity contribution in [2.24, 2.45) is 0 Å². The average Bonchev–Trinajstić information content (AvgIpc) is 2.44. The number of amides is 3. The molecule has 1 aromatic rings. The van der Waals surface area contributed by atoms with Crippen molar-refractivity contribution in [3.63, 3.8) is 0 Å². The van der Waals surface area contributed by atoms with Crippen molar-refractivity contribution in [1.29, 1.82) is 0 Å². The van der Waals surface area contributed by atoms with Gasteiger partial charge in [-0.25, -0.2) is 9.59 Å². The lowest BCUT2D eigenvalue weighted by molar-refractivity contribution is -0.123. The molecule has 0 saturated carbocycles. The Morgan fingerprint density at radius 3 is 2.59 bits per heavy atom. The van der Waals surface area contributed by atoms with Crippen LogP contribution in [0.4, 0.5) is 4.79 Å². The van der Waals surface area contributed by atoms with E-state index in [4.69, 9.17) is 9.47 Å². The molecule has 0 fully saturated rings. The summed E-state index contributed by atoms with van der Waals surface area (Å²) >= 11 is 0. The van der Waals surface area contributed by atoms with Crippen LogP contribution in [0.1, 0.15) is 29.8 Å². The van der Waals surface area contributed by atoms with Crippen molar-refractivity contribution in [3.05, 3.63) is 35.4 Å². The molecule has 0 aromatic heterocycles. The molecule has 1 aromatic carbocycles. The first-order chi connectivity index (χ1) is 10.4. The van der Waals surface area contributed by atoms with Gasteiger partial charge in [-0.1, -0.05) is 12.1 Å². The van der Waals surface area contributed by atoms with Gasteiger partial charge in [-0.3, -0.25) is 10.1 Å². The van der Waals surface area contributed by atoms with Gasteiger partial charge < -0.3 is 14.8 Å². The zero-order valence-corrected chi connectivity index (χ0v) is 12.8. The zero-order valence-electron chi connectivity index (χ0n) is 12.8. The SMILES string of the molecule is COCc1cccc(C(=O)OCC(=O)NC(=O)NC(C)C)c1. The molecule has 0 aliphatic rings. The van der Waals surface area contributed by atoms with Crippen molar-refractivity contribution >= 4 is 17.9 Å². The summed E-state index contributed by atoms with van der Waals surface area (Å²) in [6, 6.07) is 5.97. The molecule has 0 spiro atoms. The van der Waals surface area contributed by atoms with E-state index in [1.165, 1.54) is 0 Å². The molecule has 120 valence electrons. The molecule has 0 unspecified atom stereocenters. The minimum atomic E-state index is -0.695. The number of methoxy groups -OCH3 is 1. The number of ether oxygens (including phenoxy) is 2. The number of carbonyl (C=O) groups excluding carboxylic acids is 3. The fourth-order valence-electron chi connectivity index (χ4n) is 1.63. The van der Waals surface area contributed by atoms with Crippen LogP contribution in [0.25, 0.3) is 0 Å². The number of nitrogens with one attached hydrogen (secondary N) is 2. The van der Waals surface area contributed by atoms with Gasteiger partial charge in [-0.2, -0.15) is 0 Å². The second-order valence-electron chi connectivity index (χ2n) is 4.89. The summed E-state index contributed by atoms with van der Waals surface area (Å²) in [4.78, 5) is 34.6. The third kappa shape index (κ3) is 6.36. The van der Waals surface area contributed by atoms with Gasteiger partial charge in [0, 0.05) is 13.2 Å². The molecule has 0 atom stereocenters. The van der Waals surface area contributed by atoms with Crippen LogP contribution in [0.15, 0.2) is 24.3 Å². The number of rotatable bonds is 6. The maximum absolute atomic E-state index is 11.8. The Labute approximate surface area is 129 Å². The summed E-state index contributed by atoms with van der Waals surface area (Å²) < 4.78 is 9.83. The van der Waals surface area contributed by atoms with E-state index in [-0.39, 0.29) is 6.04 Å². The van der Waals surface area contributed by atoms with Gasteiger partial charge in [0.1, 0.15) is 0 Å². The largest absolute Gasteiger partial charge is 0.452 e. The van der Waals surface area contributed by atoms with Crippen LogP contribution in [-0.2, 0) is 20.9 Å². The summed E-state index contributed by atoms with van der Waals surface area (Å²) in [5.74, 6) is -1.34. The van der Waals surface area contributed by atoms with Gasteiger partial charge in [0.15, 0.2) is 6.61 Å². The number of esters is 1. The lowest BCUT2D eigenvalue weighted by atomic mass is 10.1. The molecule has 7 nitrogen and oxygen atoms in total. The maximum Gasteiger partial charge on any atom is 0.338 e. The van der Waals surface area contributed by atoms with Crippen LogP contribution in [0.3, 0.4) is 0 Å². The fraction of sp³-hybridized carbons (Fsp3) is 0.400. The molecule has 1 rings (SSSR count). The minimum Gasteiger partial charge on any atom is -0.452 e. The van der Waals surface area contributed by atoms with Gasteiger partial charge in [0.2, 0.25) is 0 Å². The Morgan fingerprint density at radius 2 is 1.95 bits per heavy atom. The number of imide groups is 1. The van der Waals surface area contributed by atoms with E-state index in [1.54, 1.807) is 39.2 Å². The first-order valence-corrected chi connectivity index (χ1v) is 6.77. The molecule has 22 heavy (non-hydrogen) atoms. The van der Waals surface area contributed by atoms with E-state index in [2.05, 4.69) is 10.6 Å². The molecule has 0 bridgehead atoms. The highest BCUT2D eigenvalue weighted by Gasteiger charge is 2.13. The van der Waals surface area contributed by atoms with Crippen molar-refractivity contribution in [3.8, 4) is 0 Å². The summed E-state index contributed by atoms with van der Waals surface area (Å²) in [5.41, 5.74) is 1.13. The fourth-order valence-corrected chi connectivity index (χ4v) is 1.63. The molecule has 0 heterocycles. The second kappa shape index (κ2) is 8.78. The summed E-state index contributed by atoms with van der Waals surface area (Å²) in [6.07, 6.45) is 0. The van der Waals surface area contributed by atoms with E-state index >= 15 is 0 Å². The number of hydrogen-bond acceptors (Lipinski definition) is 5. The van der Waals surface area contributed by atoms with E-state index in [0.29, 0.717) is 12.2 Å². The van der Waals surface area contributed by atoms with Crippen molar-refractivity contribution < 1.29 is 23.9 Å². The van der Waals surface area contributed by atoms with Gasteiger partial charge in [-0.05, 0) is 31.5 Å². The standard InChI is InChI=1S/C15H20N2O5/c1-10(2)16-15(20)17-13(18)9-22-14(19)12-6-4-5-11(7-12)8-21-3/h4-7,10H,8-9H2,1-3H3,(H2,16,17,18,20). The Bertz CT molecular complexity index is 542. The van der Waals surface area contributed by atoms with Gasteiger partial charge in [0.05, 0.1) is 12.2 Å². The van der Waals surface area contributed by atoms with Gasteiger partial charge >= 0.3 is 12.0 Å². The van der Waals surface area contributed by atoms with Crippen LogP contribution in [0.5, 0.6) is 0 Å². The highest BCUT2D eigenvalue weighted by atomic mass is 16.5. The quantitative estimate of drug-likeness (QED) is 0.771. The third-order valence-electron chi connectivity index (χ3n) is 2.48. The number of urea groups is 1. The van der Waals surface area contributed by atoms with Gasteiger partial charge in [-0.15, -0.1) is 0 Å². The topological polar surface area (TPSA) is 93.7 Å². The highest BCUT2D eigenvalue weighted by Crippen LogP contribution is 2.07. The van der Waals surface area contributed by atoms with E-state index in [0.717, 1.165) is 5.56 Å². The molecule has 0 aliphatic carbocycles. The minimum absolute atomic E-state index is 0.0983. The summed E-state index contributed by atoms with van der Waals surface area (Å²) in [7, 11) is 1.55. The van der Waals surface area contributed by atoms with Crippen molar-refractivity contribution in [2.75, 3.05) is 13.7 Å². The normalized spacial score (nSPS) is 10.2. The smallest absolute Gasteiger partial charge is 0.338 e. The lowest BCUT2D eigenvalue weighted by Gasteiger charge is -2.09. The highest BCUT2D eigenvalue weighted by molar-refractivity contribution is 5.97. The summed E-state index contributed by atoms with van der Waals surface area (Å²) in [5, 5.41) is 4.55. The molecule has 3 amide bonds. The zero-order chi connectivity index (χ0) is 16.5. The molecule has 0 aliphatic heterocycles. The Morgan fingerprint density at radius 1 is 1.23 bits per heavy atom. The van der Waals surface area contributed by atoms with Crippen LogP contribution >= 0.6 is 0 Å². The van der Waals surface area contributed by atoms with Crippen LogP contribution in [-0.4, -0.2) is 37.7 Å². The second-order valence-corrected chi connectivity index (χ2v) is 4.89. The Kier molecular flexibility index (Phi) is 7.04. The van der Waals surface area contributed by atoms with Gasteiger partial charge in [0.25, 0.3) is 5.91 Å². The molecular formula is C15H20N2O5. The van der Waals surface area contributed by atoms with Crippen molar-refractivity contribution in [2.45, 2.75) is 26.5 Å². The Hall–Kier alpha value is -2.41. The molecule has 7 heteroatoms. The van der Waals surface area contributed by atoms with Crippen LogP contribution < -0.4 is 10.6 Å². The first kappa shape index (κ1) is 17.6. The first-order valence-electron chi connectivity index (χ1n) is 6.77. The molecule has 2 N–H and O–H groups in total. The third-order valence-corrected chi connectivity index (χ3v) is 2.48. The monoisotopic (exact) mass is 308 g/mol. The summed E-state index contributed by atoms with van der Waals surface area (Å²) in [6.45, 7) is 3.37. The Balaban J connectivity index is 2.47. The maximum atomic E-state index is 11.8. The van der Waals surface area contributed by atoms with E-state index in [1.807, 2.05) is 6.07 Å². The van der Waals surface area contributed by atoms with E-state index < -0.39 is 24.5 Å². The molecule has 0 saturated heterocycles. The molecular weight excluding hydrogens is 288 g/mol. The lowest BCUT2D eigenvalue weighted by Crippen LogP contribution is -2.44. The van der Waals surface area contributed by atoms with Crippen LogP contribution in [0, 0.1) is 0 Å². The van der Waals surface area contributed by atoms with Crippen molar-refractivity contribution in [1.82, 2.24) is 10.6 Å². The number of carbonyl (C=O) groups is 3.